The Kier molecular flexibility index (Phi) is 4.94. The summed E-state index contributed by atoms with van der Waals surface area (Å²) in [6.07, 6.45) is -0.0653. The molecule has 0 amide bonds. The molecule has 6 heteroatoms. The number of carboxylic acid groups (broad SMARTS) is 3. The Morgan fingerprint density at radius 1 is 1.19 bits per heavy atom. The third-order valence-corrected chi connectivity index (χ3v) is 2.65. The van der Waals surface area contributed by atoms with E-state index >= 15 is 0 Å². The van der Waals surface area contributed by atoms with E-state index in [2.05, 4.69) is 0 Å². The van der Waals surface area contributed by atoms with Crippen LogP contribution < -0.4 is 0 Å². The highest BCUT2D eigenvalue weighted by Gasteiger charge is 2.46. The van der Waals surface area contributed by atoms with Gasteiger partial charge >= 0.3 is 17.9 Å². The van der Waals surface area contributed by atoms with Gasteiger partial charge in [-0.25, -0.2) is 0 Å². The molecule has 3 N–H and O–H groups in total. The molecular formula is C10H16O6. The van der Waals surface area contributed by atoms with Crippen molar-refractivity contribution in [2.45, 2.75) is 33.1 Å². The summed E-state index contributed by atoms with van der Waals surface area (Å²) in [5.41, 5.74) is -1.77. The zero-order valence-corrected chi connectivity index (χ0v) is 9.27. The molecule has 0 aromatic carbocycles. The summed E-state index contributed by atoms with van der Waals surface area (Å²) in [6.45, 7) is 2.89. The van der Waals surface area contributed by atoms with Crippen LogP contribution in [-0.4, -0.2) is 33.2 Å². The van der Waals surface area contributed by atoms with Crippen molar-refractivity contribution in [3.8, 4) is 0 Å². The van der Waals surface area contributed by atoms with E-state index in [-0.39, 0.29) is 6.42 Å². The monoisotopic (exact) mass is 232 g/mol. The van der Waals surface area contributed by atoms with E-state index < -0.39 is 35.7 Å². The lowest BCUT2D eigenvalue weighted by molar-refractivity contribution is -0.166. The predicted octanol–water partition coefficient (Wildman–Crippen LogP) is 1.05. The Morgan fingerprint density at radius 3 is 1.94 bits per heavy atom. The van der Waals surface area contributed by atoms with Crippen LogP contribution >= 0.6 is 0 Å². The molecule has 2 atom stereocenters. The van der Waals surface area contributed by atoms with Crippen LogP contribution in [0.5, 0.6) is 0 Å². The lowest BCUT2D eigenvalue weighted by Gasteiger charge is -2.29. The fourth-order valence-electron chi connectivity index (χ4n) is 1.67. The fraction of sp³-hybridized carbons (Fsp3) is 0.700. The van der Waals surface area contributed by atoms with Crippen molar-refractivity contribution in [2.75, 3.05) is 0 Å². The summed E-state index contributed by atoms with van der Waals surface area (Å²) in [4.78, 5) is 32.6. The highest BCUT2D eigenvalue weighted by atomic mass is 16.4. The molecule has 0 saturated heterocycles. The van der Waals surface area contributed by atoms with Crippen LogP contribution in [0.2, 0.25) is 0 Å². The molecule has 0 saturated carbocycles. The average Bonchev–Trinajstić information content (AvgIpc) is 2.11. The summed E-state index contributed by atoms with van der Waals surface area (Å²) in [7, 11) is 0. The largest absolute Gasteiger partial charge is 0.481 e. The fourth-order valence-corrected chi connectivity index (χ4v) is 1.67. The molecule has 0 aliphatic carbocycles. The van der Waals surface area contributed by atoms with Gasteiger partial charge in [-0.3, -0.25) is 14.4 Å². The highest BCUT2D eigenvalue weighted by Crippen LogP contribution is 2.35. The van der Waals surface area contributed by atoms with Gasteiger partial charge in [0.05, 0.1) is 17.8 Å². The van der Waals surface area contributed by atoms with Crippen LogP contribution in [0.4, 0.5) is 0 Å². The van der Waals surface area contributed by atoms with E-state index in [9.17, 15) is 14.4 Å². The molecule has 0 aliphatic rings. The molecule has 16 heavy (non-hydrogen) atoms. The summed E-state index contributed by atoms with van der Waals surface area (Å²) in [5.74, 6) is -5.16. The molecule has 0 aliphatic heterocycles. The Labute approximate surface area is 92.9 Å². The molecule has 0 spiro atoms. The molecule has 0 radical (unpaired) electrons. The summed E-state index contributed by atoms with van der Waals surface area (Å²) >= 11 is 0. The molecule has 0 fully saturated rings. The van der Waals surface area contributed by atoms with Crippen molar-refractivity contribution in [3.63, 3.8) is 0 Å². The van der Waals surface area contributed by atoms with Crippen molar-refractivity contribution < 1.29 is 29.7 Å². The normalized spacial score (nSPS) is 16.1. The number of aliphatic carboxylic acids is 3. The summed E-state index contributed by atoms with van der Waals surface area (Å²) in [6, 6.07) is 0. The average molecular weight is 232 g/mol. The second-order valence-electron chi connectivity index (χ2n) is 3.97. The van der Waals surface area contributed by atoms with Crippen LogP contribution in [-0.2, 0) is 14.4 Å². The van der Waals surface area contributed by atoms with Gasteiger partial charge in [0.1, 0.15) is 0 Å². The van der Waals surface area contributed by atoms with Crippen LogP contribution in [0, 0.1) is 11.3 Å². The summed E-state index contributed by atoms with van der Waals surface area (Å²) < 4.78 is 0. The van der Waals surface area contributed by atoms with Crippen LogP contribution in [0.3, 0.4) is 0 Å². The van der Waals surface area contributed by atoms with Crippen LogP contribution in [0.25, 0.3) is 0 Å². The Balaban J connectivity index is 5.19. The van der Waals surface area contributed by atoms with Crippen molar-refractivity contribution in [1.29, 1.82) is 0 Å². The Morgan fingerprint density at radius 2 is 1.69 bits per heavy atom. The van der Waals surface area contributed by atoms with E-state index in [0.29, 0.717) is 6.42 Å². The van der Waals surface area contributed by atoms with Crippen molar-refractivity contribution in [3.05, 3.63) is 0 Å². The predicted molar refractivity (Wildman–Crippen MR) is 54.0 cm³/mol. The maximum atomic E-state index is 11.1. The molecule has 2 unspecified atom stereocenters. The topological polar surface area (TPSA) is 112 Å². The van der Waals surface area contributed by atoms with Gasteiger partial charge in [0, 0.05) is 0 Å². The zero-order valence-electron chi connectivity index (χ0n) is 9.27. The number of hydrogen-bond acceptors (Lipinski definition) is 3. The van der Waals surface area contributed by atoms with Crippen molar-refractivity contribution in [1.82, 2.24) is 0 Å². The van der Waals surface area contributed by atoms with Gasteiger partial charge in [0.2, 0.25) is 0 Å². The minimum atomic E-state index is -1.77. The first-order valence-corrected chi connectivity index (χ1v) is 4.93. The number of carbonyl (C=O) groups is 3. The molecule has 0 heterocycles. The van der Waals surface area contributed by atoms with Gasteiger partial charge in [-0.15, -0.1) is 0 Å². The molecule has 0 aromatic heterocycles. The smallest absolute Gasteiger partial charge is 0.310 e. The second kappa shape index (κ2) is 5.48. The van der Waals surface area contributed by atoms with E-state index in [1.54, 1.807) is 6.92 Å². The first kappa shape index (κ1) is 14.4. The number of rotatable bonds is 7. The highest BCUT2D eigenvalue weighted by molar-refractivity contribution is 5.87. The minimum absolute atomic E-state index is 0.144. The SMILES string of the molecule is CCCC(C(=O)O)C(C)(CC(=O)O)C(=O)O. The van der Waals surface area contributed by atoms with Gasteiger partial charge in [-0.1, -0.05) is 13.3 Å². The van der Waals surface area contributed by atoms with E-state index in [4.69, 9.17) is 15.3 Å². The first-order valence-electron chi connectivity index (χ1n) is 4.93. The summed E-state index contributed by atoms with van der Waals surface area (Å²) in [5, 5.41) is 26.6. The lowest BCUT2D eigenvalue weighted by Crippen LogP contribution is -2.42. The molecule has 0 aromatic rings. The van der Waals surface area contributed by atoms with Crippen LogP contribution in [0.15, 0.2) is 0 Å². The third kappa shape index (κ3) is 3.22. The zero-order chi connectivity index (χ0) is 12.9. The molecule has 92 valence electrons. The minimum Gasteiger partial charge on any atom is -0.481 e. The van der Waals surface area contributed by atoms with Gasteiger partial charge < -0.3 is 15.3 Å². The van der Waals surface area contributed by atoms with Gasteiger partial charge in [0.15, 0.2) is 0 Å². The standard InChI is InChI=1S/C10H16O6/c1-3-4-6(8(13)14)10(2,9(15)16)5-7(11)12/h6H,3-5H2,1-2H3,(H,11,12)(H,13,14)(H,15,16). The molecule has 6 nitrogen and oxygen atoms in total. The van der Waals surface area contributed by atoms with E-state index in [0.717, 1.165) is 6.92 Å². The third-order valence-electron chi connectivity index (χ3n) is 2.65. The quantitative estimate of drug-likeness (QED) is 0.604. The van der Waals surface area contributed by atoms with Gasteiger partial charge in [-0.2, -0.15) is 0 Å². The molecule has 0 bridgehead atoms. The van der Waals surface area contributed by atoms with Gasteiger partial charge in [0.25, 0.3) is 0 Å². The van der Waals surface area contributed by atoms with Crippen LogP contribution in [0.1, 0.15) is 33.1 Å². The Bertz CT molecular complexity index is 298. The van der Waals surface area contributed by atoms with Gasteiger partial charge in [-0.05, 0) is 13.3 Å². The second-order valence-corrected chi connectivity index (χ2v) is 3.97. The maximum absolute atomic E-state index is 11.1. The van der Waals surface area contributed by atoms with Crippen molar-refractivity contribution in [2.24, 2.45) is 11.3 Å². The van der Waals surface area contributed by atoms with E-state index in [1.165, 1.54) is 0 Å². The Hall–Kier alpha value is -1.59. The number of carboxylic acids is 3. The lowest BCUT2D eigenvalue weighted by atomic mass is 9.72. The first-order chi connectivity index (χ1) is 7.25. The molecular weight excluding hydrogens is 216 g/mol. The molecule has 0 rings (SSSR count). The van der Waals surface area contributed by atoms with E-state index in [1.807, 2.05) is 0 Å². The maximum Gasteiger partial charge on any atom is 0.310 e. The number of hydrogen-bond donors (Lipinski definition) is 3. The van der Waals surface area contributed by atoms with Crippen molar-refractivity contribution >= 4 is 17.9 Å².